The van der Waals surface area contributed by atoms with Gasteiger partial charge in [-0.1, -0.05) is 30.4 Å². The predicted molar refractivity (Wildman–Crippen MR) is 95.0 cm³/mol. The Balaban J connectivity index is 2.85. The van der Waals surface area contributed by atoms with Crippen molar-refractivity contribution in [1.82, 2.24) is 0 Å². The van der Waals surface area contributed by atoms with E-state index in [1.807, 2.05) is 39.0 Å². The van der Waals surface area contributed by atoms with Crippen molar-refractivity contribution >= 4 is 0 Å². The van der Waals surface area contributed by atoms with Gasteiger partial charge in [0.05, 0.1) is 19.3 Å². The van der Waals surface area contributed by atoms with Crippen molar-refractivity contribution in [3.8, 4) is 0 Å². The van der Waals surface area contributed by atoms with Gasteiger partial charge in [0.25, 0.3) is 0 Å². The summed E-state index contributed by atoms with van der Waals surface area (Å²) in [6.45, 7) is 5.31. The Morgan fingerprint density at radius 2 is 1.60 bits per heavy atom. The predicted octanol–water partition coefficient (Wildman–Crippen LogP) is 0.591. The zero-order chi connectivity index (χ0) is 19.0. The molecule has 0 aliphatic heterocycles. The molecule has 0 fully saturated rings. The van der Waals surface area contributed by atoms with Gasteiger partial charge in [-0.3, -0.25) is 0 Å². The van der Waals surface area contributed by atoms with Gasteiger partial charge in [0.1, 0.15) is 24.4 Å². The van der Waals surface area contributed by atoms with Crippen molar-refractivity contribution in [3.05, 3.63) is 47.0 Å². The first-order valence-corrected chi connectivity index (χ1v) is 8.44. The van der Waals surface area contributed by atoms with Gasteiger partial charge in [0.15, 0.2) is 0 Å². The lowest BCUT2D eigenvalue weighted by atomic mass is 9.97. The highest BCUT2D eigenvalue weighted by molar-refractivity contribution is 5.32. The van der Waals surface area contributed by atoms with E-state index in [0.717, 1.165) is 16.7 Å². The molecule has 5 atom stereocenters. The van der Waals surface area contributed by atoms with Gasteiger partial charge in [-0.2, -0.15) is 0 Å². The monoisotopic (exact) mass is 354 g/mol. The highest BCUT2D eigenvalue weighted by atomic mass is 16.5. The topological polar surface area (TPSA) is 110 Å². The van der Waals surface area contributed by atoms with E-state index in [0.29, 0.717) is 6.42 Å². The van der Waals surface area contributed by atoms with Crippen LogP contribution in [0.5, 0.6) is 0 Å². The lowest BCUT2D eigenvalue weighted by molar-refractivity contribution is -0.152. The minimum atomic E-state index is -1.67. The molecule has 0 aliphatic carbocycles. The van der Waals surface area contributed by atoms with Crippen molar-refractivity contribution < 1.29 is 30.3 Å². The average Bonchev–Trinajstić information content (AvgIpc) is 2.61. The minimum absolute atomic E-state index is 0.253. The van der Waals surface area contributed by atoms with Crippen LogP contribution in [-0.4, -0.2) is 62.7 Å². The van der Waals surface area contributed by atoms with E-state index in [4.69, 9.17) is 9.84 Å². The van der Waals surface area contributed by atoms with E-state index < -0.39 is 37.1 Å². The van der Waals surface area contributed by atoms with E-state index in [9.17, 15) is 20.4 Å². The maximum Gasteiger partial charge on any atom is 0.111 e. The molecule has 0 spiro atoms. The highest BCUT2D eigenvalue weighted by Gasteiger charge is 2.34. The normalized spacial score (nSPS) is 18.1. The maximum absolute atomic E-state index is 10.4. The summed E-state index contributed by atoms with van der Waals surface area (Å²) in [5.74, 6) is 0. The van der Waals surface area contributed by atoms with Crippen molar-refractivity contribution in [2.24, 2.45) is 0 Å². The van der Waals surface area contributed by atoms with Crippen molar-refractivity contribution in [2.45, 2.75) is 64.3 Å². The molecule has 1 aromatic rings. The summed E-state index contributed by atoms with van der Waals surface area (Å²) in [6.07, 6.45) is -3.12. The van der Waals surface area contributed by atoms with Crippen LogP contribution in [-0.2, 0) is 11.3 Å². The Kier molecular flexibility index (Phi) is 9.27. The van der Waals surface area contributed by atoms with Crippen LogP contribution in [0.3, 0.4) is 0 Å². The Morgan fingerprint density at radius 3 is 2.12 bits per heavy atom. The zero-order valence-electron chi connectivity index (χ0n) is 15.0. The molecule has 1 aromatic carbocycles. The van der Waals surface area contributed by atoms with E-state index >= 15 is 0 Å². The average molecular weight is 354 g/mol. The summed E-state index contributed by atoms with van der Waals surface area (Å²) >= 11 is 0. The smallest absolute Gasteiger partial charge is 0.111 e. The zero-order valence-corrected chi connectivity index (χ0v) is 15.0. The lowest BCUT2D eigenvalue weighted by Gasteiger charge is -2.31. The summed E-state index contributed by atoms with van der Waals surface area (Å²) < 4.78 is 5.82. The molecule has 0 aromatic heterocycles. The van der Waals surface area contributed by atoms with E-state index in [1.54, 1.807) is 12.2 Å². The molecule has 5 N–H and O–H groups in total. The molecule has 1 rings (SSSR count). The van der Waals surface area contributed by atoms with Crippen LogP contribution in [0.25, 0.3) is 0 Å². The number of rotatable bonds is 10. The molecule has 6 nitrogen and oxygen atoms in total. The molecule has 0 amide bonds. The van der Waals surface area contributed by atoms with Gasteiger partial charge in [0, 0.05) is 0 Å². The highest BCUT2D eigenvalue weighted by Crippen LogP contribution is 2.19. The number of benzene rings is 1. The number of aryl methyl sites for hydroxylation is 2. The standard InChI is InChI=1S/C19H30O6/c1-4-5-9-16(18(23)19(24)17(22)15(21)10-20)25-11-14-12(2)7-6-8-13(14)3/h4-8,15-24H,9-11H2,1-3H3. The third-order valence-electron chi connectivity index (χ3n) is 4.35. The van der Waals surface area contributed by atoms with E-state index in [1.165, 1.54) is 0 Å². The maximum atomic E-state index is 10.4. The second kappa shape index (κ2) is 10.7. The second-order valence-electron chi connectivity index (χ2n) is 6.25. The number of hydrogen-bond acceptors (Lipinski definition) is 6. The molecule has 6 heteroatoms. The molecule has 142 valence electrons. The Labute approximate surface area is 149 Å². The molecule has 0 aliphatic rings. The van der Waals surface area contributed by atoms with Gasteiger partial charge in [-0.15, -0.1) is 0 Å². The minimum Gasteiger partial charge on any atom is -0.394 e. The van der Waals surface area contributed by atoms with E-state index in [2.05, 4.69) is 0 Å². The van der Waals surface area contributed by atoms with Crippen LogP contribution in [0.1, 0.15) is 30.0 Å². The quantitative estimate of drug-likeness (QED) is 0.393. The molecular formula is C19H30O6. The Bertz CT molecular complexity index is 524. The van der Waals surface area contributed by atoms with Crippen LogP contribution in [0, 0.1) is 13.8 Å². The van der Waals surface area contributed by atoms with Gasteiger partial charge in [-0.05, 0) is 43.9 Å². The fourth-order valence-corrected chi connectivity index (χ4v) is 2.60. The van der Waals surface area contributed by atoms with Crippen LogP contribution in [0.4, 0.5) is 0 Å². The molecule has 0 saturated heterocycles. The molecule has 0 radical (unpaired) electrons. The van der Waals surface area contributed by atoms with Crippen LogP contribution < -0.4 is 0 Å². The molecule has 0 saturated carbocycles. The number of hydrogen-bond donors (Lipinski definition) is 5. The summed E-state index contributed by atoms with van der Waals surface area (Å²) in [4.78, 5) is 0. The van der Waals surface area contributed by atoms with Gasteiger partial charge < -0.3 is 30.3 Å². The molecule has 5 unspecified atom stereocenters. The van der Waals surface area contributed by atoms with Crippen molar-refractivity contribution in [1.29, 1.82) is 0 Å². The first-order valence-electron chi connectivity index (χ1n) is 8.44. The molecule has 0 bridgehead atoms. The summed E-state index contributed by atoms with van der Waals surface area (Å²) in [7, 11) is 0. The van der Waals surface area contributed by atoms with Crippen LogP contribution in [0.15, 0.2) is 30.4 Å². The third kappa shape index (κ3) is 6.18. The first-order chi connectivity index (χ1) is 11.8. The number of aliphatic hydroxyl groups excluding tert-OH is 5. The van der Waals surface area contributed by atoms with Gasteiger partial charge in [0.2, 0.25) is 0 Å². The second-order valence-corrected chi connectivity index (χ2v) is 6.25. The van der Waals surface area contributed by atoms with Crippen LogP contribution in [0.2, 0.25) is 0 Å². The summed E-state index contributed by atoms with van der Waals surface area (Å²) in [5.41, 5.74) is 3.14. The number of allylic oxidation sites excluding steroid dienone is 1. The Hall–Kier alpha value is -1.28. The summed E-state index contributed by atoms with van der Waals surface area (Å²) in [5, 5.41) is 48.6. The van der Waals surface area contributed by atoms with Gasteiger partial charge >= 0.3 is 0 Å². The SMILES string of the molecule is CC=CCC(OCc1c(C)cccc1C)C(O)C(O)C(O)C(O)CO. The van der Waals surface area contributed by atoms with Gasteiger partial charge in [-0.25, -0.2) is 0 Å². The van der Waals surface area contributed by atoms with E-state index in [-0.39, 0.29) is 6.61 Å². The molecular weight excluding hydrogens is 324 g/mol. The summed E-state index contributed by atoms with van der Waals surface area (Å²) in [6, 6.07) is 5.90. The number of ether oxygens (including phenoxy) is 1. The number of aliphatic hydroxyl groups is 5. The fourth-order valence-electron chi connectivity index (χ4n) is 2.60. The van der Waals surface area contributed by atoms with Crippen LogP contribution >= 0.6 is 0 Å². The molecule has 0 heterocycles. The first kappa shape index (κ1) is 21.8. The Morgan fingerprint density at radius 1 is 1.00 bits per heavy atom. The third-order valence-corrected chi connectivity index (χ3v) is 4.35. The van der Waals surface area contributed by atoms with Crippen molar-refractivity contribution in [2.75, 3.05) is 6.61 Å². The fraction of sp³-hybridized carbons (Fsp3) is 0.579. The molecule has 25 heavy (non-hydrogen) atoms. The van der Waals surface area contributed by atoms with Crippen molar-refractivity contribution in [3.63, 3.8) is 0 Å². The largest absolute Gasteiger partial charge is 0.394 e. The lowest BCUT2D eigenvalue weighted by Crippen LogP contribution is -2.50.